The molecular weight excluding hydrogens is 502 g/mol. The highest BCUT2D eigenvalue weighted by atomic mass is 32.1. The summed E-state index contributed by atoms with van der Waals surface area (Å²) in [5, 5.41) is 9.12. The minimum absolute atomic E-state index is 0.287. The summed E-state index contributed by atoms with van der Waals surface area (Å²) < 4.78 is 10.7. The van der Waals surface area contributed by atoms with Gasteiger partial charge in [0.15, 0.2) is 0 Å². The van der Waals surface area contributed by atoms with Gasteiger partial charge in [0.25, 0.3) is 0 Å². The maximum atomic E-state index is 13.1. The van der Waals surface area contributed by atoms with Gasteiger partial charge in [-0.1, -0.05) is 50.2 Å². The lowest BCUT2D eigenvalue weighted by Gasteiger charge is -2.11. The summed E-state index contributed by atoms with van der Waals surface area (Å²) in [6.07, 6.45) is 1.55. The lowest BCUT2D eigenvalue weighted by molar-refractivity contribution is 0.0529. The maximum Gasteiger partial charge on any atom is 0.341 e. The van der Waals surface area contributed by atoms with E-state index in [0.717, 1.165) is 38.2 Å². The molecule has 0 spiro atoms. The van der Waals surface area contributed by atoms with Crippen LogP contribution in [-0.4, -0.2) is 29.7 Å². The topological polar surface area (TPSA) is 73.3 Å². The number of hydrogen-bond donors (Lipinski definition) is 1. The quantitative estimate of drug-likeness (QED) is 0.205. The third kappa shape index (κ3) is 4.95. The Morgan fingerprint density at radius 1 is 0.946 bits per heavy atom. The minimum atomic E-state index is -0.378. The second-order valence-corrected chi connectivity index (χ2v) is 10.5. The Morgan fingerprint density at radius 2 is 1.62 bits per heavy atom. The summed E-state index contributed by atoms with van der Waals surface area (Å²) in [6, 6.07) is 16.3. The maximum absolute atomic E-state index is 13.1. The van der Waals surface area contributed by atoms with Crippen molar-refractivity contribution in [1.82, 2.24) is 9.97 Å². The number of thiophene rings is 2. The molecule has 188 valence electrons. The number of carbonyl (C=O) groups is 1. The third-order valence-corrected chi connectivity index (χ3v) is 7.94. The van der Waals surface area contributed by atoms with E-state index in [0.29, 0.717) is 22.3 Å². The molecule has 0 fully saturated rings. The first-order valence-corrected chi connectivity index (χ1v) is 13.8. The highest BCUT2D eigenvalue weighted by Crippen LogP contribution is 2.42. The zero-order chi connectivity index (χ0) is 25.9. The average Bonchev–Trinajstić information content (AvgIpc) is 3.54. The van der Waals surface area contributed by atoms with Crippen LogP contribution in [0.2, 0.25) is 0 Å². The zero-order valence-electron chi connectivity index (χ0n) is 21.1. The Bertz CT molecular complexity index is 1540. The number of benzene rings is 2. The SMILES string of the molecule is CCOC(=O)c1c(-c2ccc(OC)cc2)csc1Nc1ncnc2scc(-c3ccc(C(C)C)cc3)c12. The highest BCUT2D eigenvalue weighted by Gasteiger charge is 2.23. The fourth-order valence-corrected chi connectivity index (χ4v) is 6.05. The molecule has 0 saturated heterocycles. The molecule has 8 heteroatoms. The molecular formula is C29H27N3O3S2. The standard InChI is InChI=1S/C29H27N3O3S2/c1-5-35-29(33)25-23(20-10-12-21(34-4)13-11-20)15-37-28(25)32-26-24-22(14-36-27(24)31-16-30-26)19-8-6-18(7-9-19)17(2)3/h6-17H,5H2,1-4H3,(H,30,31,32). The van der Waals surface area contributed by atoms with Crippen molar-refractivity contribution in [2.24, 2.45) is 0 Å². The molecule has 0 saturated carbocycles. The first-order valence-electron chi connectivity index (χ1n) is 12.0. The van der Waals surface area contributed by atoms with E-state index in [1.54, 1.807) is 31.7 Å². The van der Waals surface area contributed by atoms with Gasteiger partial charge < -0.3 is 14.8 Å². The molecule has 2 aromatic carbocycles. The number of aromatic nitrogens is 2. The number of carbonyl (C=O) groups excluding carboxylic acids is 1. The Labute approximate surface area is 223 Å². The largest absolute Gasteiger partial charge is 0.497 e. The average molecular weight is 530 g/mol. The van der Waals surface area contributed by atoms with Gasteiger partial charge in [-0.05, 0) is 41.7 Å². The van der Waals surface area contributed by atoms with E-state index in [9.17, 15) is 4.79 Å². The Balaban J connectivity index is 1.58. The van der Waals surface area contributed by atoms with Crippen LogP contribution in [0, 0.1) is 0 Å². The molecule has 0 atom stereocenters. The first kappa shape index (κ1) is 24.9. The van der Waals surface area contributed by atoms with Gasteiger partial charge in [-0.2, -0.15) is 0 Å². The Kier molecular flexibility index (Phi) is 7.21. The summed E-state index contributed by atoms with van der Waals surface area (Å²) in [5.41, 5.74) is 5.65. The molecule has 0 aliphatic carbocycles. The van der Waals surface area contributed by atoms with Gasteiger partial charge >= 0.3 is 5.97 Å². The molecule has 0 aliphatic rings. The van der Waals surface area contributed by atoms with Gasteiger partial charge in [0, 0.05) is 21.9 Å². The second-order valence-electron chi connectivity index (χ2n) is 8.76. The summed E-state index contributed by atoms with van der Waals surface area (Å²) in [7, 11) is 1.63. The van der Waals surface area contributed by atoms with Crippen LogP contribution in [0.1, 0.15) is 42.6 Å². The zero-order valence-corrected chi connectivity index (χ0v) is 22.7. The summed E-state index contributed by atoms with van der Waals surface area (Å²) >= 11 is 3.02. The van der Waals surface area contributed by atoms with Gasteiger partial charge in [0.2, 0.25) is 0 Å². The van der Waals surface area contributed by atoms with Crippen molar-refractivity contribution in [3.05, 3.63) is 76.7 Å². The third-order valence-electron chi connectivity index (χ3n) is 6.16. The molecule has 6 nitrogen and oxygen atoms in total. The molecule has 0 radical (unpaired) electrons. The molecule has 1 N–H and O–H groups in total. The van der Waals surface area contributed by atoms with Crippen LogP contribution in [-0.2, 0) is 4.74 Å². The summed E-state index contributed by atoms with van der Waals surface area (Å²) in [4.78, 5) is 23.1. The van der Waals surface area contributed by atoms with Crippen LogP contribution in [0.25, 0.3) is 32.5 Å². The van der Waals surface area contributed by atoms with E-state index < -0.39 is 0 Å². The van der Waals surface area contributed by atoms with E-state index in [4.69, 9.17) is 9.47 Å². The molecule has 0 unspecified atom stereocenters. The van der Waals surface area contributed by atoms with Crippen LogP contribution in [0.3, 0.4) is 0 Å². The fraction of sp³-hybridized carbons (Fsp3) is 0.207. The predicted molar refractivity (Wildman–Crippen MR) is 152 cm³/mol. The van der Waals surface area contributed by atoms with Crippen molar-refractivity contribution in [1.29, 1.82) is 0 Å². The van der Waals surface area contributed by atoms with Gasteiger partial charge in [-0.25, -0.2) is 14.8 Å². The van der Waals surface area contributed by atoms with Crippen molar-refractivity contribution < 1.29 is 14.3 Å². The van der Waals surface area contributed by atoms with Crippen LogP contribution in [0.4, 0.5) is 10.8 Å². The van der Waals surface area contributed by atoms with Gasteiger partial charge in [-0.3, -0.25) is 0 Å². The first-order chi connectivity index (χ1) is 18.0. The summed E-state index contributed by atoms with van der Waals surface area (Å²) in [6.45, 7) is 6.47. The van der Waals surface area contributed by atoms with Crippen molar-refractivity contribution >= 4 is 49.7 Å². The number of ether oxygens (including phenoxy) is 2. The number of hydrogen-bond acceptors (Lipinski definition) is 8. The summed E-state index contributed by atoms with van der Waals surface area (Å²) in [5.74, 6) is 1.50. The van der Waals surface area contributed by atoms with E-state index in [1.165, 1.54) is 16.9 Å². The fourth-order valence-electron chi connectivity index (χ4n) is 4.18. The lowest BCUT2D eigenvalue weighted by atomic mass is 9.99. The monoisotopic (exact) mass is 529 g/mol. The molecule has 0 amide bonds. The Morgan fingerprint density at radius 3 is 2.30 bits per heavy atom. The predicted octanol–water partition coefficient (Wildman–Crippen LogP) is 8.14. The molecule has 3 aromatic heterocycles. The number of methoxy groups -OCH3 is 1. The van der Waals surface area contributed by atoms with Crippen LogP contribution < -0.4 is 10.1 Å². The van der Waals surface area contributed by atoms with Crippen molar-refractivity contribution in [3.63, 3.8) is 0 Å². The molecule has 3 heterocycles. The van der Waals surface area contributed by atoms with E-state index in [2.05, 4.69) is 58.8 Å². The smallest absolute Gasteiger partial charge is 0.341 e. The number of fused-ring (bicyclic) bond motifs is 1. The molecule has 5 rings (SSSR count). The molecule has 0 bridgehead atoms. The number of anilines is 2. The van der Waals surface area contributed by atoms with Gasteiger partial charge in [0.1, 0.15) is 33.3 Å². The molecule has 0 aliphatic heterocycles. The number of nitrogens with one attached hydrogen (secondary N) is 1. The van der Waals surface area contributed by atoms with E-state index in [-0.39, 0.29) is 12.6 Å². The number of esters is 1. The number of nitrogens with zero attached hydrogens (tertiary/aromatic N) is 2. The van der Waals surface area contributed by atoms with Gasteiger partial charge in [0.05, 0.1) is 19.1 Å². The van der Waals surface area contributed by atoms with Crippen molar-refractivity contribution in [2.75, 3.05) is 19.0 Å². The van der Waals surface area contributed by atoms with Crippen LogP contribution >= 0.6 is 22.7 Å². The number of rotatable bonds is 8. The van der Waals surface area contributed by atoms with Gasteiger partial charge in [-0.15, -0.1) is 22.7 Å². The van der Waals surface area contributed by atoms with E-state index in [1.807, 2.05) is 29.6 Å². The minimum Gasteiger partial charge on any atom is -0.497 e. The van der Waals surface area contributed by atoms with Crippen molar-refractivity contribution in [3.8, 4) is 28.0 Å². The molecule has 37 heavy (non-hydrogen) atoms. The van der Waals surface area contributed by atoms with E-state index >= 15 is 0 Å². The highest BCUT2D eigenvalue weighted by molar-refractivity contribution is 7.17. The lowest BCUT2D eigenvalue weighted by Crippen LogP contribution is -2.08. The normalized spacial score (nSPS) is 11.2. The Hall–Kier alpha value is -3.75. The van der Waals surface area contributed by atoms with Crippen molar-refractivity contribution in [2.45, 2.75) is 26.7 Å². The van der Waals surface area contributed by atoms with Crippen LogP contribution in [0.5, 0.6) is 5.75 Å². The second kappa shape index (κ2) is 10.7. The van der Waals surface area contributed by atoms with Crippen LogP contribution in [0.15, 0.2) is 65.6 Å². The molecule has 5 aromatic rings.